The van der Waals surface area contributed by atoms with Crippen molar-refractivity contribution < 1.29 is 22.4 Å². The second-order valence-electron chi connectivity index (χ2n) is 8.94. The molecule has 3 aromatic rings. The topological polar surface area (TPSA) is 78.0 Å². The summed E-state index contributed by atoms with van der Waals surface area (Å²) in [7, 11) is -3.64. The van der Waals surface area contributed by atoms with Gasteiger partial charge in [-0.15, -0.1) is 0 Å². The number of carbonyl (C=O) groups excluding carboxylic acids is 2. The number of rotatable bonds is 6. The van der Waals surface area contributed by atoms with E-state index < -0.39 is 15.7 Å². The molecule has 37 heavy (non-hydrogen) atoms. The first kappa shape index (κ1) is 26.6. The first-order chi connectivity index (χ1) is 17.5. The van der Waals surface area contributed by atoms with Gasteiger partial charge in [0.1, 0.15) is 12.4 Å². The van der Waals surface area contributed by atoms with Crippen molar-refractivity contribution in [3.63, 3.8) is 0 Å². The molecule has 7 nitrogen and oxygen atoms in total. The molecule has 1 fully saturated rings. The normalized spacial score (nSPS) is 13.9. The first-order valence-corrected chi connectivity index (χ1v) is 14.0. The van der Waals surface area contributed by atoms with Crippen LogP contribution in [-0.2, 0) is 14.6 Å². The highest BCUT2D eigenvalue weighted by Gasteiger charge is 2.28. The Bertz CT molecular complexity index is 1420. The van der Waals surface area contributed by atoms with Crippen molar-refractivity contribution in [1.29, 1.82) is 0 Å². The zero-order valence-electron chi connectivity index (χ0n) is 20.5. The van der Waals surface area contributed by atoms with Crippen molar-refractivity contribution >= 4 is 44.6 Å². The van der Waals surface area contributed by atoms with E-state index in [9.17, 15) is 22.4 Å². The summed E-state index contributed by atoms with van der Waals surface area (Å²) in [6.45, 7) is 3.06. The van der Waals surface area contributed by atoms with E-state index in [-0.39, 0.29) is 23.3 Å². The third kappa shape index (κ3) is 6.11. The van der Waals surface area contributed by atoms with Gasteiger partial charge in [0.05, 0.1) is 10.6 Å². The molecule has 0 atom stereocenters. The highest BCUT2D eigenvalue weighted by Crippen LogP contribution is 2.27. The number of aryl methyl sites for hydroxylation is 1. The predicted octanol–water partition coefficient (Wildman–Crippen LogP) is 4.19. The van der Waals surface area contributed by atoms with Gasteiger partial charge in [0.15, 0.2) is 9.84 Å². The second-order valence-corrected chi connectivity index (χ2v) is 11.3. The van der Waals surface area contributed by atoms with Crippen LogP contribution in [0.5, 0.6) is 0 Å². The summed E-state index contributed by atoms with van der Waals surface area (Å²) in [6.07, 6.45) is 1.04. The van der Waals surface area contributed by atoms with Crippen molar-refractivity contribution in [2.24, 2.45) is 0 Å². The van der Waals surface area contributed by atoms with Crippen LogP contribution in [0, 0.1) is 12.7 Å². The van der Waals surface area contributed by atoms with E-state index in [0.717, 1.165) is 17.9 Å². The zero-order chi connectivity index (χ0) is 26.7. The van der Waals surface area contributed by atoms with Gasteiger partial charge in [-0.25, -0.2) is 12.8 Å². The lowest BCUT2D eigenvalue weighted by Gasteiger charge is -2.37. The van der Waals surface area contributed by atoms with Crippen molar-refractivity contribution in [1.82, 2.24) is 4.90 Å². The van der Waals surface area contributed by atoms with Gasteiger partial charge in [0, 0.05) is 48.7 Å². The van der Waals surface area contributed by atoms with E-state index in [4.69, 9.17) is 11.6 Å². The van der Waals surface area contributed by atoms with Crippen LogP contribution in [0.15, 0.2) is 71.6 Å². The number of piperazine rings is 1. The van der Waals surface area contributed by atoms with E-state index >= 15 is 0 Å². The third-order valence-corrected chi connectivity index (χ3v) is 7.86. The van der Waals surface area contributed by atoms with E-state index in [0.29, 0.717) is 48.1 Å². The minimum absolute atomic E-state index is 0.0774. The van der Waals surface area contributed by atoms with E-state index in [1.807, 2.05) is 17.9 Å². The second kappa shape index (κ2) is 10.9. The number of benzene rings is 3. The Morgan fingerprint density at radius 2 is 1.65 bits per heavy atom. The SMILES string of the molecule is Cc1cc(C(=O)N(CC(=O)N2CCN(c3ccc(F)cc3S(C)(=O)=O)CC2)c2ccccc2)ccc1Cl. The number of hydrogen-bond acceptors (Lipinski definition) is 5. The molecule has 1 heterocycles. The van der Waals surface area contributed by atoms with Crippen LogP contribution in [0.3, 0.4) is 0 Å². The minimum Gasteiger partial charge on any atom is -0.367 e. The Kier molecular flexibility index (Phi) is 7.85. The van der Waals surface area contributed by atoms with Crippen molar-refractivity contribution in [3.05, 3.63) is 88.7 Å². The summed E-state index contributed by atoms with van der Waals surface area (Å²) >= 11 is 6.12. The molecule has 1 aliphatic heterocycles. The van der Waals surface area contributed by atoms with Gasteiger partial charge in [-0.2, -0.15) is 0 Å². The molecular weight excluding hydrogens is 517 g/mol. The molecule has 194 valence electrons. The van der Waals surface area contributed by atoms with Crippen molar-refractivity contribution in [2.75, 3.05) is 48.8 Å². The van der Waals surface area contributed by atoms with Crippen LogP contribution < -0.4 is 9.80 Å². The molecular formula is C27H27ClFN3O4S. The monoisotopic (exact) mass is 543 g/mol. The summed E-state index contributed by atoms with van der Waals surface area (Å²) < 4.78 is 38.1. The van der Waals surface area contributed by atoms with Gasteiger partial charge in [0.2, 0.25) is 5.91 Å². The predicted molar refractivity (Wildman–Crippen MR) is 143 cm³/mol. The van der Waals surface area contributed by atoms with Crippen LogP contribution in [0.2, 0.25) is 5.02 Å². The molecule has 0 spiro atoms. The number of sulfone groups is 1. The quantitative estimate of drug-likeness (QED) is 0.466. The average molecular weight is 544 g/mol. The van der Waals surface area contributed by atoms with Crippen LogP contribution in [-0.4, -0.2) is 64.1 Å². The summed E-state index contributed by atoms with van der Waals surface area (Å²) in [4.78, 5) is 31.6. The van der Waals surface area contributed by atoms with E-state index in [1.54, 1.807) is 47.4 Å². The largest absolute Gasteiger partial charge is 0.367 e. The Hall–Kier alpha value is -3.43. The Balaban J connectivity index is 1.50. The Morgan fingerprint density at radius 1 is 0.973 bits per heavy atom. The molecule has 1 aliphatic rings. The Morgan fingerprint density at radius 3 is 2.27 bits per heavy atom. The van der Waals surface area contributed by atoms with Gasteiger partial charge >= 0.3 is 0 Å². The molecule has 2 amide bonds. The number of carbonyl (C=O) groups is 2. The summed E-state index contributed by atoms with van der Waals surface area (Å²) in [5.74, 6) is -1.17. The Labute approximate surface area is 221 Å². The lowest BCUT2D eigenvalue weighted by Crippen LogP contribution is -2.52. The van der Waals surface area contributed by atoms with Gasteiger partial charge in [-0.05, 0) is 61.0 Å². The van der Waals surface area contributed by atoms with E-state index in [1.165, 1.54) is 17.0 Å². The van der Waals surface area contributed by atoms with Crippen LogP contribution in [0.25, 0.3) is 0 Å². The number of amides is 2. The summed E-state index contributed by atoms with van der Waals surface area (Å²) in [6, 6.07) is 17.7. The summed E-state index contributed by atoms with van der Waals surface area (Å²) in [5, 5.41) is 0.553. The molecule has 0 radical (unpaired) electrons. The maximum Gasteiger partial charge on any atom is 0.258 e. The number of halogens is 2. The molecule has 0 aliphatic carbocycles. The molecule has 1 saturated heterocycles. The van der Waals surface area contributed by atoms with Gasteiger partial charge < -0.3 is 9.80 Å². The highest BCUT2D eigenvalue weighted by atomic mass is 35.5. The summed E-state index contributed by atoms with van der Waals surface area (Å²) in [5.41, 5.74) is 2.19. The maximum absolute atomic E-state index is 13.7. The molecule has 4 rings (SSSR count). The average Bonchev–Trinajstić information content (AvgIpc) is 2.88. The third-order valence-electron chi connectivity index (χ3n) is 6.31. The van der Waals surface area contributed by atoms with Gasteiger partial charge in [-0.1, -0.05) is 29.8 Å². The van der Waals surface area contributed by atoms with Crippen LogP contribution >= 0.6 is 11.6 Å². The number of hydrogen-bond donors (Lipinski definition) is 0. The minimum atomic E-state index is -3.64. The lowest BCUT2D eigenvalue weighted by molar-refractivity contribution is -0.129. The zero-order valence-corrected chi connectivity index (χ0v) is 22.1. The maximum atomic E-state index is 13.7. The fourth-order valence-corrected chi connectivity index (χ4v) is 5.32. The number of nitrogens with zero attached hydrogens (tertiary/aromatic N) is 3. The smallest absolute Gasteiger partial charge is 0.258 e. The van der Waals surface area contributed by atoms with Crippen molar-refractivity contribution in [2.45, 2.75) is 11.8 Å². The van der Waals surface area contributed by atoms with E-state index in [2.05, 4.69) is 0 Å². The standard InChI is InChI=1S/C27H27ClFN3O4S/c1-19-16-20(8-10-23(19)28)27(34)32(22-6-4-3-5-7-22)18-26(33)31-14-12-30(13-15-31)24-11-9-21(29)17-25(24)37(2,35)36/h3-11,16-17H,12-15,18H2,1-2H3. The fraction of sp³-hybridized carbons (Fsp3) is 0.259. The molecule has 0 bridgehead atoms. The van der Waals surface area contributed by atoms with Crippen molar-refractivity contribution in [3.8, 4) is 0 Å². The lowest BCUT2D eigenvalue weighted by atomic mass is 10.1. The fourth-order valence-electron chi connectivity index (χ4n) is 4.30. The molecule has 3 aromatic carbocycles. The van der Waals surface area contributed by atoms with Crippen LogP contribution in [0.4, 0.5) is 15.8 Å². The molecule has 0 N–H and O–H groups in total. The highest BCUT2D eigenvalue weighted by molar-refractivity contribution is 7.90. The first-order valence-electron chi connectivity index (χ1n) is 11.7. The van der Waals surface area contributed by atoms with Gasteiger partial charge in [0.25, 0.3) is 5.91 Å². The van der Waals surface area contributed by atoms with Gasteiger partial charge in [-0.3, -0.25) is 14.5 Å². The molecule has 0 aromatic heterocycles. The number of para-hydroxylation sites is 1. The molecule has 10 heteroatoms. The van der Waals surface area contributed by atoms with Crippen LogP contribution in [0.1, 0.15) is 15.9 Å². The number of anilines is 2. The molecule has 0 unspecified atom stereocenters. The molecule has 0 saturated carbocycles.